The van der Waals surface area contributed by atoms with E-state index in [4.69, 9.17) is 0 Å². The molecule has 0 fully saturated rings. The molecule has 0 atom stereocenters. The molecule has 2 aromatic carbocycles. The van der Waals surface area contributed by atoms with Crippen molar-refractivity contribution in [2.75, 3.05) is 26.0 Å². The lowest BCUT2D eigenvalue weighted by Crippen LogP contribution is -2.27. The predicted octanol–water partition coefficient (Wildman–Crippen LogP) is 4.80. The maximum absolute atomic E-state index is 13.5. The first-order valence-electron chi connectivity index (χ1n) is 11.9. The fraction of sp³-hybridized carbons (Fsp3) is 0.148. The van der Waals surface area contributed by atoms with E-state index >= 15 is 0 Å². The molecule has 0 saturated heterocycles. The van der Waals surface area contributed by atoms with E-state index in [2.05, 4.69) is 25.5 Å². The number of hydrogen-bond acceptors (Lipinski definition) is 6. The minimum absolute atomic E-state index is 0.172. The van der Waals surface area contributed by atoms with Crippen LogP contribution in [0, 0.1) is 0 Å². The maximum atomic E-state index is 13.5. The van der Waals surface area contributed by atoms with Crippen molar-refractivity contribution in [3.05, 3.63) is 78.9 Å². The number of nitrogens with zero attached hydrogens (tertiary/aromatic N) is 7. The van der Waals surface area contributed by atoms with Crippen LogP contribution in [0.3, 0.4) is 0 Å². The Balaban J connectivity index is 1.49. The van der Waals surface area contributed by atoms with E-state index in [1.54, 1.807) is 52.5 Å². The molecular formula is C27H21F3N8O. The Kier molecular flexibility index (Phi) is 5.76. The molecule has 1 amide bonds. The number of rotatable bonds is 5. The zero-order valence-corrected chi connectivity index (χ0v) is 20.8. The van der Waals surface area contributed by atoms with Gasteiger partial charge in [-0.25, -0.2) is 4.98 Å². The highest BCUT2D eigenvalue weighted by Gasteiger charge is 2.31. The Bertz CT molecular complexity index is 1860. The minimum atomic E-state index is -4.50. The summed E-state index contributed by atoms with van der Waals surface area (Å²) in [6.45, 7) is 0.238. The molecule has 0 unspecified atom stereocenters. The molecule has 0 saturated carbocycles. The average molecular weight is 531 g/mol. The number of halogens is 3. The van der Waals surface area contributed by atoms with Gasteiger partial charge < -0.3 is 10.2 Å². The molecule has 0 radical (unpaired) electrons. The maximum Gasteiger partial charge on any atom is 0.416 e. The molecule has 196 valence electrons. The Morgan fingerprint density at radius 1 is 1.00 bits per heavy atom. The Hall–Kier alpha value is -4.84. The molecule has 0 aliphatic heterocycles. The predicted molar refractivity (Wildman–Crippen MR) is 141 cm³/mol. The SMILES string of the molecule is CN(C)CC(=O)Nc1ccc(-c2ccc3ncc4c(c3c2)n(-c2cccc(C(F)(F)F)c2)c2nncn42)cn1. The minimum Gasteiger partial charge on any atom is -0.310 e. The molecule has 0 aliphatic carbocycles. The number of imidazole rings is 1. The summed E-state index contributed by atoms with van der Waals surface area (Å²) in [7, 11) is 3.61. The summed E-state index contributed by atoms with van der Waals surface area (Å²) in [6, 6.07) is 14.3. The first kappa shape index (κ1) is 24.5. The van der Waals surface area contributed by atoms with Crippen molar-refractivity contribution in [1.82, 2.24) is 34.0 Å². The van der Waals surface area contributed by atoms with E-state index < -0.39 is 11.7 Å². The lowest BCUT2D eigenvalue weighted by Gasteiger charge is -2.12. The second-order valence-corrected chi connectivity index (χ2v) is 9.33. The van der Waals surface area contributed by atoms with E-state index in [1.807, 2.05) is 24.3 Å². The summed E-state index contributed by atoms with van der Waals surface area (Å²) in [6.07, 6.45) is 0.324. The Morgan fingerprint density at radius 2 is 1.82 bits per heavy atom. The molecule has 6 rings (SSSR count). The number of benzene rings is 2. The lowest BCUT2D eigenvalue weighted by molar-refractivity contribution is -0.137. The van der Waals surface area contributed by atoms with Crippen LogP contribution in [0.25, 0.3) is 44.5 Å². The zero-order chi connectivity index (χ0) is 27.3. The van der Waals surface area contributed by atoms with Gasteiger partial charge in [-0.3, -0.25) is 18.7 Å². The van der Waals surface area contributed by atoms with Crippen LogP contribution in [0.5, 0.6) is 0 Å². The summed E-state index contributed by atoms with van der Waals surface area (Å²) in [4.78, 5) is 22.7. The van der Waals surface area contributed by atoms with Crippen LogP contribution in [0.4, 0.5) is 19.0 Å². The van der Waals surface area contributed by atoms with Crippen LogP contribution in [0.15, 0.2) is 73.3 Å². The molecule has 39 heavy (non-hydrogen) atoms. The molecular weight excluding hydrogens is 509 g/mol. The molecule has 4 heterocycles. The fourth-order valence-electron chi connectivity index (χ4n) is 4.58. The first-order chi connectivity index (χ1) is 18.7. The molecule has 1 N–H and O–H groups in total. The summed E-state index contributed by atoms with van der Waals surface area (Å²) in [5, 5.41) is 11.6. The normalized spacial score (nSPS) is 12.2. The number of fused-ring (bicyclic) bond motifs is 5. The number of nitrogens with one attached hydrogen (secondary N) is 1. The highest BCUT2D eigenvalue weighted by molar-refractivity contribution is 6.06. The largest absolute Gasteiger partial charge is 0.416 e. The number of pyridine rings is 2. The number of aromatic nitrogens is 6. The third-order valence-electron chi connectivity index (χ3n) is 6.29. The van der Waals surface area contributed by atoms with Gasteiger partial charge in [-0.2, -0.15) is 13.2 Å². The monoisotopic (exact) mass is 530 g/mol. The zero-order valence-electron chi connectivity index (χ0n) is 20.8. The standard InChI is InChI=1S/C27H21F3N8O/c1-36(2)14-24(39)34-23-9-7-17(12-32-23)16-6-8-21-20(10-16)25-22(13-31-21)37-15-33-35-26(37)38(25)19-5-3-4-18(11-19)27(28,29)30/h3-13,15H,14H2,1-2H3,(H,32,34,39). The van der Waals surface area contributed by atoms with Gasteiger partial charge in [-0.1, -0.05) is 12.1 Å². The number of anilines is 1. The Labute approximate surface area is 219 Å². The van der Waals surface area contributed by atoms with Crippen molar-refractivity contribution in [2.45, 2.75) is 6.18 Å². The van der Waals surface area contributed by atoms with E-state index in [9.17, 15) is 18.0 Å². The van der Waals surface area contributed by atoms with Gasteiger partial charge in [-0.05, 0) is 62.1 Å². The fourth-order valence-corrected chi connectivity index (χ4v) is 4.58. The van der Waals surface area contributed by atoms with Crippen LogP contribution in [0.2, 0.25) is 0 Å². The number of alkyl halides is 3. The van der Waals surface area contributed by atoms with Gasteiger partial charge in [-0.15, -0.1) is 10.2 Å². The molecule has 0 spiro atoms. The molecule has 9 nitrogen and oxygen atoms in total. The quantitative estimate of drug-likeness (QED) is 0.344. The lowest BCUT2D eigenvalue weighted by atomic mass is 10.0. The van der Waals surface area contributed by atoms with Crippen LogP contribution >= 0.6 is 0 Å². The summed E-state index contributed by atoms with van der Waals surface area (Å²) < 4.78 is 44.0. The summed E-state index contributed by atoms with van der Waals surface area (Å²) >= 11 is 0. The topological polar surface area (TPSA) is 93.2 Å². The van der Waals surface area contributed by atoms with Crippen LogP contribution in [-0.4, -0.2) is 60.6 Å². The summed E-state index contributed by atoms with van der Waals surface area (Å²) in [5.41, 5.74) is 3.11. The second-order valence-electron chi connectivity index (χ2n) is 9.33. The number of likely N-dealkylation sites (N-methyl/N-ethyl adjacent to an activating group) is 1. The van der Waals surface area contributed by atoms with Crippen molar-refractivity contribution in [3.8, 4) is 16.8 Å². The van der Waals surface area contributed by atoms with Gasteiger partial charge in [0, 0.05) is 22.8 Å². The van der Waals surface area contributed by atoms with Gasteiger partial charge in [0.25, 0.3) is 0 Å². The smallest absolute Gasteiger partial charge is 0.310 e. The Morgan fingerprint density at radius 3 is 2.56 bits per heavy atom. The number of carbonyl (C=O) groups is 1. The number of hydrogen-bond donors (Lipinski definition) is 1. The van der Waals surface area contributed by atoms with Crippen LogP contribution in [0.1, 0.15) is 5.56 Å². The number of carbonyl (C=O) groups excluding carboxylic acids is 1. The summed E-state index contributed by atoms with van der Waals surface area (Å²) in [5.74, 6) is 0.625. The highest BCUT2D eigenvalue weighted by atomic mass is 19.4. The van der Waals surface area contributed by atoms with Crippen molar-refractivity contribution >= 4 is 39.4 Å². The van der Waals surface area contributed by atoms with Crippen LogP contribution < -0.4 is 5.32 Å². The average Bonchev–Trinajstić information content (AvgIpc) is 3.49. The van der Waals surface area contributed by atoms with Crippen molar-refractivity contribution in [2.24, 2.45) is 0 Å². The number of amides is 1. The first-order valence-corrected chi connectivity index (χ1v) is 11.9. The molecule has 0 bridgehead atoms. The van der Waals surface area contributed by atoms with E-state index in [0.717, 1.165) is 28.6 Å². The van der Waals surface area contributed by atoms with Crippen molar-refractivity contribution in [3.63, 3.8) is 0 Å². The van der Waals surface area contributed by atoms with Gasteiger partial charge in [0.15, 0.2) is 0 Å². The van der Waals surface area contributed by atoms with Crippen molar-refractivity contribution in [1.29, 1.82) is 0 Å². The molecule has 0 aliphatic rings. The van der Waals surface area contributed by atoms with E-state index in [0.29, 0.717) is 33.8 Å². The third-order valence-corrected chi connectivity index (χ3v) is 6.29. The van der Waals surface area contributed by atoms with Crippen LogP contribution in [-0.2, 0) is 11.0 Å². The van der Waals surface area contributed by atoms with Gasteiger partial charge in [0.2, 0.25) is 11.7 Å². The third kappa shape index (κ3) is 4.44. The van der Waals surface area contributed by atoms with Crippen molar-refractivity contribution < 1.29 is 18.0 Å². The highest BCUT2D eigenvalue weighted by Crippen LogP contribution is 2.35. The molecule has 4 aromatic heterocycles. The van der Waals surface area contributed by atoms with Gasteiger partial charge in [0.1, 0.15) is 12.1 Å². The van der Waals surface area contributed by atoms with Gasteiger partial charge >= 0.3 is 6.18 Å². The molecule has 12 heteroatoms. The van der Waals surface area contributed by atoms with Gasteiger partial charge in [0.05, 0.1) is 34.9 Å². The van der Waals surface area contributed by atoms with E-state index in [-0.39, 0.29) is 12.5 Å². The van der Waals surface area contributed by atoms with E-state index in [1.165, 1.54) is 12.4 Å². The molecule has 6 aromatic rings. The second kappa shape index (κ2) is 9.17.